The summed E-state index contributed by atoms with van der Waals surface area (Å²) in [7, 11) is 0. The molecular formula is C18H15ClN2OS. The highest BCUT2D eigenvalue weighted by Gasteiger charge is 2.19. The van der Waals surface area contributed by atoms with Crippen molar-refractivity contribution in [2.24, 2.45) is 0 Å². The average Bonchev–Trinajstić information content (AvgIpc) is 3.06. The number of nitrogens with zero attached hydrogens (tertiary/aromatic N) is 2. The third kappa shape index (κ3) is 3.44. The third-order valence-corrected chi connectivity index (χ3v) is 4.56. The lowest BCUT2D eigenvalue weighted by Gasteiger charge is -2.17. The lowest BCUT2D eigenvalue weighted by atomic mass is 10.2. The molecule has 0 fully saturated rings. The van der Waals surface area contributed by atoms with Crippen LogP contribution in [0.25, 0.3) is 11.3 Å². The minimum Gasteiger partial charge on any atom is -0.284 e. The van der Waals surface area contributed by atoms with Gasteiger partial charge in [0.25, 0.3) is 5.91 Å². The van der Waals surface area contributed by atoms with Crippen molar-refractivity contribution < 1.29 is 4.79 Å². The van der Waals surface area contributed by atoms with Gasteiger partial charge in [0.15, 0.2) is 5.13 Å². The summed E-state index contributed by atoms with van der Waals surface area (Å²) in [4.78, 5) is 19.0. The number of hydrogen-bond acceptors (Lipinski definition) is 3. The molecule has 0 aliphatic heterocycles. The van der Waals surface area contributed by atoms with Crippen molar-refractivity contribution in [1.82, 2.24) is 4.98 Å². The fourth-order valence-corrected chi connectivity index (χ4v) is 3.27. The van der Waals surface area contributed by atoms with Gasteiger partial charge in [-0.3, -0.25) is 9.69 Å². The Kier molecular flexibility index (Phi) is 4.74. The van der Waals surface area contributed by atoms with Crippen molar-refractivity contribution in [2.45, 2.75) is 6.92 Å². The number of benzene rings is 2. The van der Waals surface area contributed by atoms with Crippen molar-refractivity contribution in [2.75, 3.05) is 11.4 Å². The highest BCUT2D eigenvalue weighted by molar-refractivity contribution is 7.14. The Balaban J connectivity index is 1.88. The molecule has 0 bridgehead atoms. The number of hydrogen-bond donors (Lipinski definition) is 0. The van der Waals surface area contributed by atoms with Gasteiger partial charge in [0.1, 0.15) is 0 Å². The van der Waals surface area contributed by atoms with E-state index in [1.807, 2.05) is 42.6 Å². The second-order valence-corrected chi connectivity index (χ2v) is 6.21. The second-order valence-electron chi connectivity index (χ2n) is 4.94. The van der Waals surface area contributed by atoms with Crippen LogP contribution in [0.3, 0.4) is 0 Å². The van der Waals surface area contributed by atoms with Crippen LogP contribution in [0.2, 0.25) is 5.02 Å². The highest BCUT2D eigenvalue weighted by atomic mass is 35.5. The first-order valence-electron chi connectivity index (χ1n) is 7.27. The molecule has 1 heterocycles. The van der Waals surface area contributed by atoms with Crippen LogP contribution >= 0.6 is 22.9 Å². The third-order valence-electron chi connectivity index (χ3n) is 3.45. The Labute approximate surface area is 144 Å². The fraction of sp³-hybridized carbons (Fsp3) is 0.111. The van der Waals surface area contributed by atoms with E-state index < -0.39 is 0 Å². The monoisotopic (exact) mass is 342 g/mol. The summed E-state index contributed by atoms with van der Waals surface area (Å²) in [6.07, 6.45) is 0. The number of halogens is 1. The molecule has 3 aromatic rings. The summed E-state index contributed by atoms with van der Waals surface area (Å²) in [6.45, 7) is 2.50. The predicted molar refractivity (Wildman–Crippen MR) is 96.4 cm³/mol. The van der Waals surface area contributed by atoms with Gasteiger partial charge in [-0.1, -0.05) is 41.9 Å². The molecule has 0 aliphatic carbocycles. The Morgan fingerprint density at radius 3 is 2.48 bits per heavy atom. The van der Waals surface area contributed by atoms with E-state index in [-0.39, 0.29) is 5.91 Å². The summed E-state index contributed by atoms with van der Waals surface area (Å²) in [5.41, 5.74) is 2.53. The number of amides is 1. The molecule has 0 saturated heterocycles. The zero-order valence-electron chi connectivity index (χ0n) is 12.6. The summed E-state index contributed by atoms with van der Waals surface area (Å²) in [5, 5.41) is 3.29. The number of carbonyl (C=O) groups excluding carboxylic acids is 1. The average molecular weight is 343 g/mol. The van der Waals surface area contributed by atoms with Crippen molar-refractivity contribution in [3.8, 4) is 11.3 Å². The van der Waals surface area contributed by atoms with Gasteiger partial charge in [0.2, 0.25) is 0 Å². The van der Waals surface area contributed by atoms with E-state index in [0.29, 0.717) is 22.3 Å². The first-order chi connectivity index (χ1) is 11.2. The van der Waals surface area contributed by atoms with E-state index >= 15 is 0 Å². The van der Waals surface area contributed by atoms with Gasteiger partial charge in [0, 0.05) is 28.1 Å². The zero-order chi connectivity index (χ0) is 16.2. The Bertz CT molecular complexity index is 799. The molecule has 1 aromatic heterocycles. The number of thiazole rings is 1. The quantitative estimate of drug-likeness (QED) is 0.658. The van der Waals surface area contributed by atoms with E-state index in [9.17, 15) is 4.79 Å². The van der Waals surface area contributed by atoms with E-state index in [2.05, 4.69) is 4.98 Å². The van der Waals surface area contributed by atoms with Crippen molar-refractivity contribution in [3.05, 3.63) is 70.6 Å². The Morgan fingerprint density at radius 1 is 1.13 bits per heavy atom. The van der Waals surface area contributed by atoms with Gasteiger partial charge in [0.05, 0.1) is 5.69 Å². The van der Waals surface area contributed by atoms with Crippen molar-refractivity contribution in [1.29, 1.82) is 0 Å². The molecule has 3 rings (SSSR count). The van der Waals surface area contributed by atoms with Crippen LogP contribution in [0.5, 0.6) is 0 Å². The minimum absolute atomic E-state index is 0.0712. The summed E-state index contributed by atoms with van der Waals surface area (Å²) >= 11 is 7.35. The number of anilines is 1. The number of carbonyl (C=O) groups is 1. The van der Waals surface area contributed by atoms with Gasteiger partial charge in [-0.05, 0) is 31.2 Å². The molecular weight excluding hydrogens is 328 g/mol. The van der Waals surface area contributed by atoms with Crippen molar-refractivity contribution >= 4 is 34.0 Å². The van der Waals surface area contributed by atoms with Crippen LogP contribution in [-0.2, 0) is 0 Å². The second kappa shape index (κ2) is 6.94. The lowest BCUT2D eigenvalue weighted by Crippen LogP contribution is -2.30. The molecule has 0 spiro atoms. The first kappa shape index (κ1) is 15.7. The maximum Gasteiger partial charge on any atom is 0.260 e. The van der Waals surface area contributed by atoms with E-state index in [1.54, 1.807) is 29.2 Å². The van der Waals surface area contributed by atoms with Crippen LogP contribution in [0.15, 0.2) is 60.0 Å². The predicted octanol–water partition coefficient (Wildman–Crippen LogP) is 5.13. The molecule has 0 radical (unpaired) electrons. The maximum atomic E-state index is 12.7. The van der Waals surface area contributed by atoms with Gasteiger partial charge in [-0.25, -0.2) is 4.98 Å². The molecule has 0 N–H and O–H groups in total. The van der Waals surface area contributed by atoms with Gasteiger partial charge < -0.3 is 0 Å². The van der Waals surface area contributed by atoms with Crippen LogP contribution in [0, 0.1) is 0 Å². The Hall–Kier alpha value is -2.17. The normalized spacial score (nSPS) is 10.5. The molecule has 23 heavy (non-hydrogen) atoms. The maximum absolute atomic E-state index is 12.7. The molecule has 0 unspecified atom stereocenters. The molecule has 5 heteroatoms. The van der Waals surface area contributed by atoms with E-state index in [0.717, 1.165) is 11.3 Å². The fourth-order valence-electron chi connectivity index (χ4n) is 2.24. The number of aromatic nitrogens is 1. The first-order valence-corrected chi connectivity index (χ1v) is 8.53. The molecule has 0 aliphatic rings. The van der Waals surface area contributed by atoms with Gasteiger partial charge in [-0.2, -0.15) is 0 Å². The molecule has 3 nitrogen and oxygen atoms in total. The molecule has 2 aromatic carbocycles. The summed E-state index contributed by atoms with van der Waals surface area (Å²) < 4.78 is 0. The SMILES string of the molecule is CCN(C(=O)c1ccc(Cl)cc1)c1nc(-c2ccccc2)cs1. The van der Waals surface area contributed by atoms with Crippen LogP contribution in [0.1, 0.15) is 17.3 Å². The van der Waals surface area contributed by atoms with Crippen LogP contribution in [0.4, 0.5) is 5.13 Å². The van der Waals surface area contributed by atoms with Crippen molar-refractivity contribution in [3.63, 3.8) is 0 Å². The standard InChI is InChI=1S/C18H15ClN2OS/c1-2-21(17(22)14-8-10-15(19)11-9-14)18-20-16(12-23-18)13-6-4-3-5-7-13/h3-12H,2H2,1H3. The molecule has 116 valence electrons. The van der Waals surface area contributed by atoms with Crippen LogP contribution < -0.4 is 4.90 Å². The van der Waals surface area contributed by atoms with E-state index in [4.69, 9.17) is 11.6 Å². The summed E-state index contributed by atoms with van der Waals surface area (Å²) in [6, 6.07) is 16.9. The zero-order valence-corrected chi connectivity index (χ0v) is 14.1. The smallest absolute Gasteiger partial charge is 0.260 e. The number of rotatable bonds is 4. The molecule has 1 amide bonds. The van der Waals surface area contributed by atoms with Gasteiger partial charge >= 0.3 is 0 Å². The Morgan fingerprint density at radius 2 is 1.83 bits per heavy atom. The minimum atomic E-state index is -0.0712. The lowest BCUT2D eigenvalue weighted by molar-refractivity contribution is 0.0988. The molecule has 0 atom stereocenters. The largest absolute Gasteiger partial charge is 0.284 e. The van der Waals surface area contributed by atoms with E-state index in [1.165, 1.54) is 11.3 Å². The highest BCUT2D eigenvalue weighted by Crippen LogP contribution is 2.28. The summed E-state index contributed by atoms with van der Waals surface area (Å²) in [5.74, 6) is -0.0712. The molecule has 0 saturated carbocycles. The topological polar surface area (TPSA) is 33.2 Å². The van der Waals surface area contributed by atoms with Gasteiger partial charge in [-0.15, -0.1) is 11.3 Å². The van der Waals surface area contributed by atoms with Crippen LogP contribution in [-0.4, -0.2) is 17.4 Å².